The first-order chi connectivity index (χ1) is 27.0. The van der Waals surface area contributed by atoms with Crippen LogP contribution in [0.4, 0.5) is 0 Å². The van der Waals surface area contributed by atoms with Gasteiger partial charge in [-0.15, -0.1) is 0 Å². The Morgan fingerprint density at radius 3 is 1.54 bits per heavy atom. The second-order valence-corrected chi connectivity index (χ2v) is 12.1. The third kappa shape index (κ3) is 15.4. The maximum atomic E-state index is 12.4. The first-order valence-electron chi connectivity index (χ1n) is 17.7. The number of carbonyl (C=O) groups is 4. The zero-order valence-electron chi connectivity index (χ0n) is 31.3. The van der Waals surface area contributed by atoms with Crippen molar-refractivity contribution in [3.05, 3.63) is 95.1 Å². The number of ether oxygens (including phenoxy) is 3. The number of allylic oxidation sites excluding steroid dienone is 6. The molecule has 0 saturated heterocycles. The fourth-order valence-electron chi connectivity index (χ4n) is 5.07. The van der Waals surface area contributed by atoms with Crippen molar-refractivity contribution in [3.63, 3.8) is 0 Å². The third-order valence-corrected chi connectivity index (χ3v) is 7.76. The number of methoxy groups -OCH3 is 1. The van der Waals surface area contributed by atoms with Crippen LogP contribution in [0.1, 0.15) is 70.4 Å². The van der Waals surface area contributed by atoms with Gasteiger partial charge in [0.1, 0.15) is 34.1 Å². The molecule has 0 bridgehead atoms. The monoisotopic (exact) mass is 777 g/mol. The molecule has 2 aromatic rings. The van der Waals surface area contributed by atoms with Gasteiger partial charge in [-0.3, -0.25) is 4.79 Å². The van der Waals surface area contributed by atoms with Crippen LogP contribution in [-0.2, 0) is 46.3 Å². The summed E-state index contributed by atoms with van der Waals surface area (Å²) in [6.07, 6.45) is 19.5. The lowest BCUT2D eigenvalue weighted by Crippen LogP contribution is -2.22. The molecule has 4 rings (SSSR count). The number of fused-ring (bicyclic) bond motifs is 2. The number of nitrogens with zero attached hydrogens (tertiary/aromatic N) is 2. The van der Waals surface area contributed by atoms with Crippen LogP contribution in [0.25, 0.3) is 0 Å². The first kappa shape index (κ1) is 43.8. The van der Waals surface area contributed by atoms with Crippen LogP contribution >= 0.6 is 0 Å². The summed E-state index contributed by atoms with van der Waals surface area (Å²) >= 11 is 0. The van der Waals surface area contributed by atoms with Gasteiger partial charge in [0.2, 0.25) is 6.61 Å². The summed E-state index contributed by atoms with van der Waals surface area (Å²) in [6.45, 7) is -0.261. The number of cyclic esters (lactones) is 2. The zero-order chi connectivity index (χ0) is 40.7. The smallest absolute Gasteiger partial charge is 0.346 e. The largest absolute Gasteiger partial charge is 0.508 e. The maximum Gasteiger partial charge on any atom is 0.346 e. The molecule has 16 nitrogen and oxygen atoms in total. The third-order valence-electron chi connectivity index (χ3n) is 7.76. The van der Waals surface area contributed by atoms with Crippen molar-refractivity contribution in [2.75, 3.05) is 40.6 Å². The van der Waals surface area contributed by atoms with Crippen LogP contribution in [0, 0.1) is 0 Å². The van der Waals surface area contributed by atoms with E-state index in [4.69, 9.17) is 19.1 Å². The summed E-state index contributed by atoms with van der Waals surface area (Å²) in [7, 11) is 2.72. The minimum Gasteiger partial charge on any atom is -0.508 e. The molecule has 300 valence electrons. The molecule has 0 radical (unpaired) electrons. The number of esters is 3. The quantitative estimate of drug-likeness (QED) is 0.114. The van der Waals surface area contributed by atoms with E-state index in [1.807, 2.05) is 36.5 Å². The number of rotatable bonds is 6. The molecular weight excluding hydrogens is 730 g/mol. The lowest BCUT2D eigenvalue weighted by molar-refractivity contribution is -0.145. The number of phenolic OH excluding ortho intramolecular Hbond substituents is 4. The van der Waals surface area contributed by atoms with Crippen molar-refractivity contribution >= 4 is 35.2 Å². The molecule has 16 heteroatoms. The zero-order valence-corrected chi connectivity index (χ0v) is 31.3. The molecule has 2 aliphatic heterocycles. The van der Waals surface area contributed by atoms with Crippen LogP contribution in [0.3, 0.4) is 0 Å². The van der Waals surface area contributed by atoms with E-state index in [-0.39, 0.29) is 79.3 Å². The summed E-state index contributed by atoms with van der Waals surface area (Å²) in [5.41, 5.74) is 1.38. The van der Waals surface area contributed by atoms with E-state index in [9.17, 15) is 39.6 Å². The van der Waals surface area contributed by atoms with E-state index < -0.39 is 17.9 Å². The van der Waals surface area contributed by atoms with Crippen LogP contribution in [0.15, 0.2) is 83.2 Å². The van der Waals surface area contributed by atoms with Crippen molar-refractivity contribution in [3.8, 4) is 23.0 Å². The summed E-state index contributed by atoms with van der Waals surface area (Å²) in [6, 6.07) is 4.87. The molecule has 2 aliphatic rings. The molecule has 0 saturated carbocycles. The highest BCUT2D eigenvalue weighted by Crippen LogP contribution is 2.30. The standard InChI is InChI=1S/C20H24N2O6.C20H23NO7/c1-21-18(25)13-28-22-15-8-6-4-2-3-5-7-9-27-20(26)19-14(10-15)11-16(23)12-17(19)24;1-26-18(24)13-28-21-15-8-6-4-2-3-5-7-9-27-20(25)19-14(10-15)11-16(22)12-17(19)23/h3,5-6,8,11-12,23-24H,2,4,7,9-10,13H2,1H3,(H,21,25);3,5-6,8,11-12,22-23H,2,4,7,9-10,13H2,1H3/b5-3+,8-6+,22-15+;5-3+,8-6+,21-15-. The molecule has 5 N–H and O–H groups in total. The van der Waals surface area contributed by atoms with Crippen LogP contribution in [0.2, 0.25) is 0 Å². The van der Waals surface area contributed by atoms with Gasteiger partial charge in [0.15, 0.2) is 6.61 Å². The highest BCUT2D eigenvalue weighted by atomic mass is 16.7. The first-order valence-corrected chi connectivity index (χ1v) is 17.7. The van der Waals surface area contributed by atoms with Gasteiger partial charge in [0, 0.05) is 32.0 Å². The number of nitrogens with one attached hydrogen (secondary N) is 1. The van der Waals surface area contributed by atoms with Gasteiger partial charge in [-0.2, -0.15) is 0 Å². The predicted octanol–water partition coefficient (Wildman–Crippen LogP) is 4.85. The Hall–Kier alpha value is -6.58. The Morgan fingerprint density at radius 2 is 1.09 bits per heavy atom. The molecule has 1 amide bonds. The number of carbonyl (C=O) groups excluding carboxylic acids is 4. The van der Waals surface area contributed by atoms with Crippen LogP contribution < -0.4 is 5.32 Å². The predicted molar refractivity (Wildman–Crippen MR) is 205 cm³/mol. The second kappa shape index (κ2) is 24.0. The van der Waals surface area contributed by atoms with E-state index in [2.05, 4.69) is 20.4 Å². The second-order valence-electron chi connectivity index (χ2n) is 12.1. The van der Waals surface area contributed by atoms with Crippen molar-refractivity contribution in [2.45, 2.75) is 51.4 Å². The number of benzene rings is 2. The highest BCUT2D eigenvalue weighted by molar-refractivity contribution is 6.01. The Balaban J connectivity index is 0.000000300. The Labute approximate surface area is 324 Å². The maximum absolute atomic E-state index is 12.4. The van der Waals surface area contributed by atoms with Gasteiger partial charge in [-0.1, -0.05) is 46.8 Å². The lowest BCUT2D eigenvalue weighted by atomic mass is 10.00. The van der Waals surface area contributed by atoms with Crippen molar-refractivity contribution < 1.29 is 63.5 Å². The molecule has 0 atom stereocenters. The summed E-state index contributed by atoms with van der Waals surface area (Å²) in [5.74, 6) is -3.46. The van der Waals surface area contributed by atoms with Gasteiger partial charge >= 0.3 is 17.9 Å². The molecular formula is C40H47N3O13. The molecule has 0 fully saturated rings. The summed E-state index contributed by atoms with van der Waals surface area (Å²) in [4.78, 5) is 57.4. The van der Waals surface area contributed by atoms with E-state index >= 15 is 0 Å². The van der Waals surface area contributed by atoms with Gasteiger partial charge in [0.25, 0.3) is 5.91 Å². The SMILES string of the molecule is CNC(=O)CO/N=C1\C=C\CC/C=C/CCOC(=O)c2c(O)cc(O)cc2C1.COC(=O)CO/N=C1/C=C/CC/C=C/CCOC(=O)c2c(O)cc(O)cc2C1. The summed E-state index contributed by atoms with van der Waals surface area (Å²) in [5, 5.41) is 50.3. The number of hydrogen-bond donors (Lipinski definition) is 5. The van der Waals surface area contributed by atoms with E-state index in [1.54, 1.807) is 12.2 Å². The number of likely N-dealkylation sites (N-methyl/N-ethyl adjacent to an activating group) is 1. The van der Waals surface area contributed by atoms with Gasteiger partial charge in [0.05, 0.1) is 31.7 Å². The molecule has 2 aromatic carbocycles. The fourth-order valence-corrected chi connectivity index (χ4v) is 5.07. The number of hydrogen-bond acceptors (Lipinski definition) is 15. The van der Waals surface area contributed by atoms with Crippen LogP contribution in [-0.4, -0.2) is 96.2 Å². The number of amides is 1. The molecule has 56 heavy (non-hydrogen) atoms. The lowest BCUT2D eigenvalue weighted by Gasteiger charge is -2.12. The Morgan fingerprint density at radius 1 is 0.661 bits per heavy atom. The van der Waals surface area contributed by atoms with Crippen LogP contribution in [0.5, 0.6) is 23.0 Å². The minimum atomic E-state index is -0.697. The van der Waals surface area contributed by atoms with E-state index in [0.717, 1.165) is 37.8 Å². The van der Waals surface area contributed by atoms with Crippen molar-refractivity contribution in [1.82, 2.24) is 5.32 Å². The molecule has 0 aromatic heterocycles. The Bertz CT molecular complexity index is 1730. The number of phenols is 4. The number of oxime groups is 2. The molecule has 2 heterocycles. The molecule has 0 spiro atoms. The summed E-state index contributed by atoms with van der Waals surface area (Å²) < 4.78 is 14.9. The van der Waals surface area contributed by atoms with E-state index in [0.29, 0.717) is 35.4 Å². The van der Waals surface area contributed by atoms with Gasteiger partial charge in [-0.25, -0.2) is 14.4 Å². The number of aromatic hydroxyl groups is 4. The Kier molecular flexibility index (Phi) is 18.7. The highest BCUT2D eigenvalue weighted by Gasteiger charge is 2.22. The van der Waals surface area contributed by atoms with Crippen molar-refractivity contribution in [2.24, 2.45) is 10.3 Å². The fraction of sp³-hybridized carbons (Fsp3) is 0.350. The average molecular weight is 778 g/mol. The van der Waals surface area contributed by atoms with Gasteiger partial charge in [-0.05, 0) is 73.9 Å². The molecule has 0 aliphatic carbocycles. The topological polar surface area (TPSA) is 232 Å². The minimum absolute atomic E-state index is 0.0359. The molecule has 0 unspecified atom stereocenters. The van der Waals surface area contributed by atoms with E-state index in [1.165, 1.54) is 26.3 Å². The average Bonchev–Trinajstić information content (AvgIpc) is 3.15. The van der Waals surface area contributed by atoms with Crippen molar-refractivity contribution in [1.29, 1.82) is 0 Å². The van der Waals surface area contributed by atoms with Gasteiger partial charge < -0.3 is 49.6 Å². The normalized spacial score (nSPS) is 19.0.